The molecule has 0 spiro atoms. The Morgan fingerprint density at radius 1 is 1.06 bits per heavy atom. The van der Waals surface area contributed by atoms with E-state index in [2.05, 4.69) is 10.3 Å². The Labute approximate surface area is 102 Å². The van der Waals surface area contributed by atoms with Crippen LogP contribution in [0.3, 0.4) is 0 Å². The van der Waals surface area contributed by atoms with E-state index in [1.807, 2.05) is 0 Å². The van der Waals surface area contributed by atoms with E-state index in [9.17, 15) is 13.2 Å². The van der Waals surface area contributed by atoms with E-state index in [0.717, 1.165) is 12.1 Å². The number of hydrogen-bond acceptors (Lipinski definition) is 2. The number of nitrogens with one attached hydrogen (secondary N) is 1. The standard InChI is InChI=1S/C13H11F3N2/c1-8(9-5-6-10(14)11(15)7-9)17-13-4-2-3-12(16)18-13/h2-8H,1H3,(H,17,18). The summed E-state index contributed by atoms with van der Waals surface area (Å²) in [5, 5.41) is 2.91. The maximum Gasteiger partial charge on any atom is 0.214 e. The van der Waals surface area contributed by atoms with E-state index >= 15 is 0 Å². The predicted molar refractivity (Wildman–Crippen MR) is 62.6 cm³/mol. The molecule has 5 heteroatoms. The highest BCUT2D eigenvalue weighted by Crippen LogP contribution is 2.19. The molecular weight excluding hydrogens is 241 g/mol. The van der Waals surface area contributed by atoms with Crippen molar-refractivity contribution in [3.8, 4) is 0 Å². The van der Waals surface area contributed by atoms with E-state index in [-0.39, 0.29) is 6.04 Å². The molecule has 18 heavy (non-hydrogen) atoms. The quantitative estimate of drug-likeness (QED) is 0.843. The largest absolute Gasteiger partial charge is 0.363 e. The third-order valence-corrected chi connectivity index (χ3v) is 2.52. The lowest BCUT2D eigenvalue weighted by atomic mass is 10.1. The summed E-state index contributed by atoms with van der Waals surface area (Å²) in [5.41, 5.74) is 0.556. The molecular formula is C13H11F3N2. The molecule has 0 aliphatic heterocycles. The maximum absolute atomic E-state index is 13.1. The first-order chi connectivity index (χ1) is 8.56. The lowest BCUT2D eigenvalue weighted by Gasteiger charge is -2.15. The van der Waals surface area contributed by atoms with Crippen molar-refractivity contribution in [1.82, 2.24) is 4.98 Å². The van der Waals surface area contributed by atoms with Gasteiger partial charge in [-0.05, 0) is 36.8 Å². The molecule has 0 fully saturated rings. The normalized spacial score (nSPS) is 12.2. The number of anilines is 1. The Morgan fingerprint density at radius 2 is 1.83 bits per heavy atom. The summed E-state index contributed by atoms with van der Waals surface area (Å²) in [7, 11) is 0. The summed E-state index contributed by atoms with van der Waals surface area (Å²) in [5.74, 6) is -2.06. The zero-order chi connectivity index (χ0) is 13.1. The molecule has 1 atom stereocenters. The Kier molecular flexibility index (Phi) is 3.50. The minimum atomic E-state index is -0.909. The van der Waals surface area contributed by atoms with Crippen LogP contribution >= 0.6 is 0 Å². The summed E-state index contributed by atoms with van der Waals surface area (Å²) in [4.78, 5) is 3.63. The number of nitrogens with zero attached hydrogens (tertiary/aromatic N) is 1. The first-order valence-corrected chi connectivity index (χ1v) is 5.40. The average Bonchev–Trinajstić information content (AvgIpc) is 2.32. The molecule has 0 saturated heterocycles. The Morgan fingerprint density at radius 3 is 2.50 bits per heavy atom. The van der Waals surface area contributed by atoms with Crippen LogP contribution in [-0.2, 0) is 0 Å². The molecule has 1 aromatic heterocycles. The number of hydrogen-bond donors (Lipinski definition) is 1. The number of aromatic nitrogens is 1. The monoisotopic (exact) mass is 252 g/mol. The molecule has 2 nitrogen and oxygen atoms in total. The lowest BCUT2D eigenvalue weighted by Crippen LogP contribution is -2.08. The third-order valence-electron chi connectivity index (χ3n) is 2.52. The Hall–Kier alpha value is -2.04. The number of rotatable bonds is 3. The maximum atomic E-state index is 13.1. The van der Waals surface area contributed by atoms with Gasteiger partial charge in [0.25, 0.3) is 0 Å². The molecule has 1 N–H and O–H groups in total. The molecule has 0 amide bonds. The van der Waals surface area contributed by atoms with Gasteiger partial charge in [-0.25, -0.2) is 13.8 Å². The molecule has 0 radical (unpaired) electrons. The fourth-order valence-electron chi connectivity index (χ4n) is 1.58. The van der Waals surface area contributed by atoms with Gasteiger partial charge in [-0.3, -0.25) is 0 Å². The lowest BCUT2D eigenvalue weighted by molar-refractivity contribution is 0.506. The molecule has 2 rings (SSSR count). The molecule has 0 aliphatic rings. The van der Waals surface area contributed by atoms with Gasteiger partial charge in [-0.15, -0.1) is 0 Å². The van der Waals surface area contributed by atoms with E-state index < -0.39 is 17.6 Å². The van der Waals surface area contributed by atoms with Crippen LogP contribution in [0.5, 0.6) is 0 Å². The van der Waals surface area contributed by atoms with Gasteiger partial charge in [-0.2, -0.15) is 4.39 Å². The first-order valence-electron chi connectivity index (χ1n) is 5.40. The average molecular weight is 252 g/mol. The molecule has 2 aromatic rings. The van der Waals surface area contributed by atoms with Crippen LogP contribution in [0, 0.1) is 17.6 Å². The van der Waals surface area contributed by atoms with Gasteiger partial charge in [0.1, 0.15) is 5.82 Å². The van der Waals surface area contributed by atoms with E-state index in [4.69, 9.17) is 0 Å². The summed E-state index contributed by atoms with van der Waals surface area (Å²) in [6.45, 7) is 1.75. The van der Waals surface area contributed by atoms with Crippen molar-refractivity contribution in [2.24, 2.45) is 0 Å². The van der Waals surface area contributed by atoms with Gasteiger partial charge in [0.05, 0.1) is 6.04 Å². The third kappa shape index (κ3) is 2.80. The van der Waals surface area contributed by atoms with Crippen LogP contribution in [0.15, 0.2) is 36.4 Å². The van der Waals surface area contributed by atoms with E-state index in [0.29, 0.717) is 11.4 Å². The van der Waals surface area contributed by atoms with Crippen molar-refractivity contribution in [2.75, 3.05) is 5.32 Å². The highest BCUT2D eigenvalue weighted by atomic mass is 19.2. The van der Waals surface area contributed by atoms with Crippen molar-refractivity contribution in [3.63, 3.8) is 0 Å². The number of halogens is 3. The summed E-state index contributed by atoms with van der Waals surface area (Å²) >= 11 is 0. The summed E-state index contributed by atoms with van der Waals surface area (Å²) < 4.78 is 38.7. The second-order valence-corrected chi connectivity index (χ2v) is 3.89. The van der Waals surface area contributed by atoms with Gasteiger partial charge in [0.2, 0.25) is 5.95 Å². The summed E-state index contributed by atoms with van der Waals surface area (Å²) in [6, 6.07) is 7.66. The Bertz CT molecular complexity index is 558. The molecule has 1 heterocycles. The SMILES string of the molecule is CC(Nc1cccc(F)n1)c1ccc(F)c(F)c1. The van der Waals surface area contributed by atoms with Crippen molar-refractivity contribution in [1.29, 1.82) is 0 Å². The number of pyridine rings is 1. The van der Waals surface area contributed by atoms with Crippen LogP contribution < -0.4 is 5.32 Å². The van der Waals surface area contributed by atoms with Crippen molar-refractivity contribution >= 4 is 5.82 Å². The molecule has 1 aromatic carbocycles. The molecule has 0 saturated carbocycles. The van der Waals surface area contributed by atoms with Crippen LogP contribution in [0.2, 0.25) is 0 Å². The minimum Gasteiger partial charge on any atom is -0.363 e. The van der Waals surface area contributed by atoms with E-state index in [1.165, 1.54) is 18.2 Å². The second kappa shape index (κ2) is 5.08. The van der Waals surface area contributed by atoms with Crippen molar-refractivity contribution in [2.45, 2.75) is 13.0 Å². The van der Waals surface area contributed by atoms with Crippen molar-refractivity contribution < 1.29 is 13.2 Å². The fraction of sp³-hybridized carbons (Fsp3) is 0.154. The van der Waals surface area contributed by atoms with Gasteiger partial charge in [0.15, 0.2) is 11.6 Å². The van der Waals surface area contributed by atoms with Crippen molar-refractivity contribution in [3.05, 3.63) is 59.5 Å². The summed E-state index contributed by atoms with van der Waals surface area (Å²) in [6.07, 6.45) is 0. The van der Waals surface area contributed by atoms with Gasteiger partial charge in [0, 0.05) is 0 Å². The molecule has 1 unspecified atom stereocenters. The predicted octanol–water partition coefficient (Wildman–Crippen LogP) is 3.67. The van der Waals surface area contributed by atoms with Gasteiger partial charge >= 0.3 is 0 Å². The van der Waals surface area contributed by atoms with Gasteiger partial charge in [-0.1, -0.05) is 12.1 Å². The zero-order valence-corrected chi connectivity index (χ0v) is 9.62. The second-order valence-electron chi connectivity index (χ2n) is 3.89. The smallest absolute Gasteiger partial charge is 0.214 e. The Balaban J connectivity index is 2.16. The van der Waals surface area contributed by atoms with E-state index in [1.54, 1.807) is 13.0 Å². The molecule has 0 aliphatic carbocycles. The minimum absolute atomic E-state index is 0.311. The first kappa shape index (κ1) is 12.4. The van der Waals surface area contributed by atoms with Crippen LogP contribution in [0.1, 0.15) is 18.5 Å². The van der Waals surface area contributed by atoms with Crippen LogP contribution in [0.25, 0.3) is 0 Å². The zero-order valence-electron chi connectivity index (χ0n) is 9.62. The molecule has 94 valence electrons. The molecule has 0 bridgehead atoms. The van der Waals surface area contributed by atoms with Crippen LogP contribution in [-0.4, -0.2) is 4.98 Å². The topological polar surface area (TPSA) is 24.9 Å². The highest BCUT2D eigenvalue weighted by Gasteiger charge is 2.09. The number of benzene rings is 1. The van der Waals surface area contributed by atoms with Crippen LogP contribution in [0.4, 0.5) is 19.0 Å². The van der Waals surface area contributed by atoms with Gasteiger partial charge < -0.3 is 5.32 Å². The fourth-order valence-corrected chi connectivity index (χ4v) is 1.58. The highest BCUT2D eigenvalue weighted by molar-refractivity contribution is 5.37.